The summed E-state index contributed by atoms with van der Waals surface area (Å²) in [7, 11) is 2.57. The van der Waals surface area contributed by atoms with Crippen molar-refractivity contribution < 1.29 is 38.1 Å². The van der Waals surface area contributed by atoms with Gasteiger partial charge >= 0.3 is 12.2 Å². The van der Waals surface area contributed by atoms with E-state index in [1.807, 2.05) is 18.6 Å². The number of fused-ring (bicyclic) bond motifs is 10. The van der Waals surface area contributed by atoms with E-state index in [-0.39, 0.29) is 38.5 Å². The van der Waals surface area contributed by atoms with Crippen molar-refractivity contribution in [3.8, 4) is 11.1 Å². The molecule has 5 atom stereocenters. The SMILES string of the molecule is COC(=O)N[C@@H](CCSC)C(=O)N1COC[C@H]1c1nc2cc(/C(C)=C3/C=C\[C@H](C)CCc4ccc(cc4-c4ccc5[nH]c([C@@H]6COCN6C(=O)[C@H](CCSC)NC(=O)OC)nc5c4)CC3)ccc2[nH]1. The highest BCUT2D eigenvalue weighted by Gasteiger charge is 2.39. The van der Waals surface area contributed by atoms with Crippen LogP contribution in [0.15, 0.2) is 72.3 Å². The molecule has 0 spiro atoms. The topological polar surface area (TPSA) is 193 Å². The predicted molar refractivity (Wildman–Crippen MR) is 271 cm³/mol. The Morgan fingerprint density at radius 3 is 1.93 bits per heavy atom. The maximum Gasteiger partial charge on any atom is 0.407 e. The van der Waals surface area contributed by atoms with Gasteiger partial charge in [0, 0.05) is 0 Å². The number of imidazole rings is 2. The van der Waals surface area contributed by atoms with Crippen molar-refractivity contribution in [2.75, 3.05) is 64.9 Å². The van der Waals surface area contributed by atoms with Gasteiger partial charge in [0.15, 0.2) is 0 Å². The normalized spacial score (nSPS) is 20.6. The van der Waals surface area contributed by atoms with Gasteiger partial charge in [-0.1, -0.05) is 49.4 Å². The fourth-order valence-electron chi connectivity index (χ4n) is 9.22. The lowest BCUT2D eigenvalue weighted by Crippen LogP contribution is -2.49. The Kier molecular flexibility index (Phi) is 16.3. The number of hydrogen-bond acceptors (Lipinski definition) is 12. The van der Waals surface area contributed by atoms with E-state index in [0.717, 1.165) is 58.9 Å². The number of aryl methyl sites for hydroxylation is 2. The number of rotatable bonds is 14. The van der Waals surface area contributed by atoms with Crippen LogP contribution in [0, 0.1) is 5.92 Å². The smallest absolute Gasteiger partial charge is 0.407 e. The van der Waals surface area contributed by atoms with Crippen LogP contribution in [0.3, 0.4) is 0 Å². The molecule has 0 unspecified atom stereocenters. The van der Waals surface area contributed by atoms with Crippen molar-refractivity contribution in [1.29, 1.82) is 0 Å². The summed E-state index contributed by atoms with van der Waals surface area (Å²) in [6.45, 7) is 5.23. The molecule has 4 amide bonds. The van der Waals surface area contributed by atoms with Gasteiger partial charge in [-0.15, -0.1) is 0 Å². The van der Waals surface area contributed by atoms with Gasteiger partial charge in [0.05, 0.1) is 49.5 Å². The lowest BCUT2D eigenvalue weighted by molar-refractivity contribution is -0.136. The number of alkyl carbamates (subject to hydrolysis) is 2. The number of amides is 4. The van der Waals surface area contributed by atoms with Crippen molar-refractivity contribution in [3.63, 3.8) is 0 Å². The molecule has 0 saturated carbocycles. The number of aromatic nitrogens is 4. The molecule has 5 aromatic rings. The fourth-order valence-corrected chi connectivity index (χ4v) is 10.2. The average molecular weight is 979 g/mol. The second-order valence-electron chi connectivity index (χ2n) is 17.8. The van der Waals surface area contributed by atoms with Crippen LogP contribution in [-0.2, 0) is 41.4 Å². The van der Waals surface area contributed by atoms with Crippen molar-refractivity contribution >= 4 is 75.2 Å². The Morgan fingerprint density at radius 2 is 1.35 bits per heavy atom. The van der Waals surface area contributed by atoms with Crippen LogP contribution in [0.1, 0.15) is 80.0 Å². The molecular formula is C51H62N8O8S2. The number of carbonyl (C=O) groups is 4. The zero-order chi connectivity index (χ0) is 48.6. The number of ether oxygens (including phenoxy) is 4. The van der Waals surface area contributed by atoms with Gasteiger partial charge in [0.25, 0.3) is 0 Å². The van der Waals surface area contributed by atoms with Crippen molar-refractivity contribution in [2.24, 2.45) is 5.92 Å². The summed E-state index contributed by atoms with van der Waals surface area (Å²) in [6.07, 6.45) is 11.7. The van der Waals surface area contributed by atoms with Gasteiger partial charge in [-0.2, -0.15) is 23.5 Å². The molecule has 2 bridgehead atoms. The molecule has 2 aliphatic heterocycles. The minimum absolute atomic E-state index is 0.102. The summed E-state index contributed by atoms with van der Waals surface area (Å²) < 4.78 is 21.2. The molecule has 4 N–H and O–H groups in total. The summed E-state index contributed by atoms with van der Waals surface area (Å²) in [6, 6.07) is 17.1. The molecule has 2 fully saturated rings. The number of thioether (sulfide) groups is 2. The first-order chi connectivity index (χ1) is 33.5. The van der Waals surface area contributed by atoms with E-state index < -0.39 is 36.4 Å². The average Bonchev–Trinajstić information content (AvgIpc) is 4.20. The third-order valence-electron chi connectivity index (χ3n) is 13.3. The summed E-state index contributed by atoms with van der Waals surface area (Å²) in [4.78, 5) is 72.1. The number of allylic oxidation sites excluding steroid dienone is 4. The fraction of sp³-hybridized carbons (Fsp3) is 0.451. The third-order valence-corrected chi connectivity index (χ3v) is 14.6. The number of H-pyrrole nitrogens is 2. The van der Waals surface area contributed by atoms with Gasteiger partial charge in [-0.25, -0.2) is 19.6 Å². The van der Waals surface area contributed by atoms with Crippen LogP contribution in [0.25, 0.3) is 38.8 Å². The number of benzene rings is 3. The maximum atomic E-state index is 13.8. The number of methoxy groups -OCH3 is 2. The van der Waals surface area contributed by atoms with Gasteiger partial charge < -0.3 is 49.3 Å². The molecule has 9 rings (SSSR count). The lowest BCUT2D eigenvalue weighted by atomic mass is 9.88. The predicted octanol–water partition coefficient (Wildman–Crippen LogP) is 8.32. The highest BCUT2D eigenvalue weighted by atomic mass is 32.2. The molecule has 366 valence electrons. The summed E-state index contributed by atoms with van der Waals surface area (Å²) in [5.41, 5.74) is 11.6. The molecule has 2 saturated heterocycles. The third kappa shape index (κ3) is 11.5. The molecule has 69 heavy (non-hydrogen) atoms. The first-order valence-electron chi connectivity index (χ1n) is 23.4. The van der Waals surface area contributed by atoms with Gasteiger partial charge in [0.1, 0.15) is 49.3 Å². The standard InChI is InChI=1S/C51H62N8O8S2/c1-30-7-11-33(31(2)35-15-17-38-42(24-35)54-46(52-38)44-26-66-28-58(44)48(60)40(19-21-68-5)56-50(62)64-3)13-9-32-10-14-34(12-8-30)37(23-32)36-16-18-39-43(25-36)55-47(53-39)45-27-67-29-59(45)49(61)41(20-22-69-6)57-51(63)65-4/h7,10-11,14-18,23-25,30,40-41,44-45H,8-9,12-13,19-22,26-29H2,1-6H3,(H,52,54)(H,53,55)(H,56,62)(H,57,63)/b11-7-,33-31-/t30-,40-,41-,44-,45-/m0/s1. The zero-order valence-corrected chi connectivity index (χ0v) is 41.7. The molecule has 0 radical (unpaired) electrons. The maximum absolute atomic E-state index is 13.8. The molecule has 2 aliphatic carbocycles. The summed E-state index contributed by atoms with van der Waals surface area (Å²) in [5.74, 6) is 2.51. The Hall–Kier alpha value is -5.82. The minimum atomic E-state index is -0.746. The minimum Gasteiger partial charge on any atom is -0.453 e. The Labute approximate surface area is 411 Å². The zero-order valence-electron chi connectivity index (χ0n) is 40.1. The van der Waals surface area contributed by atoms with E-state index in [1.165, 1.54) is 42.1 Å². The highest BCUT2D eigenvalue weighted by Crippen LogP contribution is 2.35. The van der Waals surface area contributed by atoms with Crippen LogP contribution in [0.4, 0.5) is 9.59 Å². The highest BCUT2D eigenvalue weighted by molar-refractivity contribution is 7.98. The van der Waals surface area contributed by atoms with Crippen LogP contribution in [0.2, 0.25) is 0 Å². The van der Waals surface area contributed by atoms with Crippen LogP contribution in [-0.4, -0.2) is 131 Å². The van der Waals surface area contributed by atoms with Crippen LogP contribution >= 0.6 is 23.5 Å². The monoisotopic (exact) mass is 978 g/mol. The number of aromatic amines is 2. The van der Waals surface area contributed by atoms with E-state index in [9.17, 15) is 19.2 Å². The molecule has 16 nitrogen and oxygen atoms in total. The number of hydrogen-bond donors (Lipinski definition) is 4. The van der Waals surface area contributed by atoms with Gasteiger partial charge in [0.2, 0.25) is 11.8 Å². The Morgan fingerprint density at radius 1 is 0.768 bits per heavy atom. The van der Waals surface area contributed by atoms with Crippen molar-refractivity contribution in [2.45, 2.75) is 76.5 Å². The largest absolute Gasteiger partial charge is 0.453 e. The second-order valence-corrected chi connectivity index (χ2v) is 19.8. The van der Waals surface area contributed by atoms with Crippen LogP contribution in [0.5, 0.6) is 0 Å². The van der Waals surface area contributed by atoms with Crippen molar-refractivity contribution in [3.05, 3.63) is 101 Å². The first kappa shape index (κ1) is 49.6. The number of nitrogens with one attached hydrogen (secondary N) is 4. The second kappa shape index (κ2) is 22.7. The number of nitrogens with zero attached hydrogens (tertiary/aromatic N) is 4. The first-order valence-corrected chi connectivity index (χ1v) is 26.2. The molecule has 4 heterocycles. The molecule has 2 aromatic heterocycles. The molecular weight excluding hydrogens is 917 g/mol. The summed E-state index contributed by atoms with van der Waals surface area (Å²) >= 11 is 3.21. The summed E-state index contributed by atoms with van der Waals surface area (Å²) in [5, 5.41) is 5.41. The Bertz CT molecular complexity index is 2740. The van der Waals surface area contributed by atoms with Gasteiger partial charge in [-0.05, 0) is 139 Å². The van der Waals surface area contributed by atoms with Crippen molar-refractivity contribution in [1.82, 2.24) is 40.4 Å². The Balaban J connectivity index is 1.01. The lowest BCUT2D eigenvalue weighted by Gasteiger charge is -2.26. The molecule has 18 heteroatoms. The molecule has 4 aliphatic rings. The van der Waals surface area contributed by atoms with E-state index >= 15 is 0 Å². The van der Waals surface area contributed by atoms with Gasteiger partial charge in [-0.3, -0.25) is 9.59 Å². The van der Waals surface area contributed by atoms with Crippen LogP contribution < -0.4 is 10.6 Å². The molecule has 3 aromatic carbocycles. The van der Waals surface area contributed by atoms with E-state index in [4.69, 9.17) is 28.9 Å². The van der Waals surface area contributed by atoms with E-state index in [2.05, 4.69) is 95.1 Å². The number of carbonyl (C=O) groups excluding carboxylic acids is 4. The quantitative estimate of drug-likeness (QED) is 0.0833. The van der Waals surface area contributed by atoms with E-state index in [1.54, 1.807) is 33.3 Å². The van der Waals surface area contributed by atoms with E-state index in [0.29, 0.717) is 41.9 Å².